The van der Waals surface area contributed by atoms with Crippen LogP contribution in [-0.4, -0.2) is 15.1 Å². The minimum Gasteiger partial charge on any atom is -0.375 e. The maximum Gasteiger partial charge on any atom is 0.270 e. The molecule has 1 fully saturated rings. The summed E-state index contributed by atoms with van der Waals surface area (Å²) in [6, 6.07) is 0. The Kier molecular flexibility index (Phi) is 3.50. The number of hydrogen-bond acceptors (Lipinski definition) is 6. The monoisotopic (exact) mass is 278 g/mol. The van der Waals surface area contributed by atoms with Crippen molar-refractivity contribution in [1.82, 2.24) is 15.1 Å². The summed E-state index contributed by atoms with van der Waals surface area (Å²) < 4.78 is 5.39. The lowest BCUT2D eigenvalue weighted by atomic mass is 10.00. The van der Waals surface area contributed by atoms with Gasteiger partial charge in [-0.15, -0.1) is 0 Å². The molecule has 0 spiro atoms. The van der Waals surface area contributed by atoms with Gasteiger partial charge in [0.15, 0.2) is 11.0 Å². The van der Waals surface area contributed by atoms with Crippen LogP contribution in [0.1, 0.15) is 56.0 Å². The minimum absolute atomic E-state index is 0.450. The molecule has 2 aromatic heterocycles. The van der Waals surface area contributed by atoms with Gasteiger partial charge < -0.3 is 10.3 Å². The number of aromatic nitrogens is 3. The fourth-order valence-corrected chi connectivity index (χ4v) is 3.40. The molecule has 102 valence electrons. The van der Waals surface area contributed by atoms with Crippen molar-refractivity contribution in [2.75, 3.05) is 5.73 Å². The van der Waals surface area contributed by atoms with Crippen LogP contribution in [0, 0.1) is 6.92 Å². The first kappa shape index (κ1) is 12.6. The molecular weight excluding hydrogens is 260 g/mol. The van der Waals surface area contributed by atoms with Crippen LogP contribution in [0.25, 0.3) is 10.8 Å². The molecule has 3 rings (SSSR count). The van der Waals surface area contributed by atoms with E-state index in [9.17, 15) is 0 Å². The molecule has 1 aliphatic rings. The van der Waals surface area contributed by atoms with Gasteiger partial charge in [-0.25, -0.2) is 4.98 Å². The molecule has 0 atom stereocenters. The molecule has 19 heavy (non-hydrogen) atoms. The van der Waals surface area contributed by atoms with Crippen molar-refractivity contribution < 1.29 is 4.52 Å². The Morgan fingerprint density at radius 1 is 1.16 bits per heavy atom. The fourth-order valence-electron chi connectivity index (χ4n) is 2.65. The number of rotatable bonds is 2. The summed E-state index contributed by atoms with van der Waals surface area (Å²) in [7, 11) is 0. The zero-order chi connectivity index (χ0) is 13.2. The van der Waals surface area contributed by atoms with Crippen molar-refractivity contribution in [2.24, 2.45) is 0 Å². The molecule has 0 radical (unpaired) electrons. The van der Waals surface area contributed by atoms with Gasteiger partial charge in [0.05, 0.1) is 5.69 Å². The maximum atomic E-state index is 5.70. The van der Waals surface area contributed by atoms with Gasteiger partial charge >= 0.3 is 0 Å². The van der Waals surface area contributed by atoms with Crippen molar-refractivity contribution >= 4 is 16.5 Å². The summed E-state index contributed by atoms with van der Waals surface area (Å²) in [4.78, 5) is 9.64. The van der Waals surface area contributed by atoms with Gasteiger partial charge in [0.1, 0.15) is 4.88 Å². The molecular formula is C13H18N4OS. The van der Waals surface area contributed by atoms with Crippen molar-refractivity contribution in [3.05, 3.63) is 11.5 Å². The lowest BCUT2D eigenvalue weighted by molar-refractivity contribution is 0.410. The number of nitrogens with zero attached hydrogens (tertiary/aromatic N) is 3. The summed E-state index contributed by atoms with van der Waals surface area (Å²) in [6.45, 7) is 1.91. The van der Waals surface area contributed by atoms with E-state index >= 15 is 0 Å². The Labute approximate surface area is 116 Å². The predicted molar refractivity (Wildman–Crippen MR) is 75.0 cm³/mol. The molecule has 0 saturated heterocycles. The molecule has 5 nitrogen and oxygen atoms in total. The van der Waals surface area contributed by atoms with Crippen LogP contribution in [0.2, 0.25) is 0 Å². The smallest absolute Gasteiger partial charge is 0.270 e. The van der Waals surface area contributed by atoms with E-state index in [0.29, 0.717) is 16.9 Å². The van der Waals surface area contributed by atoms with E-state index in [-0.39, 0.29) is 0 Å². The summed E-state index contributed by atoms with van der Waals surface area (Å²) in [5, 5.41) is 4.70. The van der Waals surface area contributed by atoms with Crippen molar-refractivity contribution in [1.29, 1.82) is 0 Å². The van der Waals surface area contributed by atoms with Crippen LogP contribution >= 0.6 is 11.3 Å². The van der Waals surface area contributed by atoms with Crippen LogP contribution in [0.4, 0.5) is 5.13 Å². The van der Waals surface area contributed by atoms with Gasteiger partial charge in [0.2, 0.25) is 0 Å². The van der Waals surface area contributed by atoms with E-state index in [1.165, 1.54) is 49.9 Å². The van der Waals surface area contributed by atoms with Gasteiger partial charge in [-0.3, -0.25) is 0 Å². The first-order chi connectivity index (χ1) is 9.24. The first-order valence-electron chi connectivity index (χ1n) is 6.81. The molecule has 6 heteroatoms. The molecule has 2 N–H and O–H groups in total. The molecule has 0 amide bonds. The molecule has 0 bridgehead atoms. The number of aryl methyl sites for hydroxylation is 1. The highest BCUT2D eigenvalue weighted by Gasteiger charge is 2.22. The average Bonchev–Trinajstić information content (AvgIpc) is 2.88. The van der Waals surface area contributed by atoms with Gasteiger partial charge in [-0.1, -0.05) is 42.2 Å². The zero-order valence-electron chi connectivity index (χ0n) is 11.1. The van der Waals surface area contributed by atoms with Gasteiger partial charge in [-0.2, -0.15) is 4.98 Å². The van der Waals surface area contributed by atoms with E-state index in [0.717, 1.165) is 16.4 Å². The van der Waals surface area contributed by atoms with Crippen LogP contribution < -0.4 is 5.73 Å². The highest BCUT2D eigenvalue weighted by Crippen LogP contribution is 2.34. The number of nitrogens with two attached hydrogens (primary N) is 1. The Morgan fingerprint density at radius 3 is 2.53 bits per heavy atom. The second-order valence-corrected chi connectivity index (χ2v) is 6.14. The fraction of sp³-hybridized carbons (Fsp3) is 0.615. The highest BCUT2D eigenvalue weighted by molar-refractivity contribution is 7.18. The van der Waals surface area contributed by atoms with Gasteiger partial charge in [-0.05, 0) is 19.8 Å². The van der Waals surface area contributed by atoms with Crippen LogP contribution in [0.15, 0.2) is 4.52 Å². The SMILES string of the molecule is Cc1nc(N)sc1-c1nc(C2CCCCCC2)no1. The zero-order valence-corrected chi connectivity index (χ0v) is 11.9. The van der Waals surface area contributed by atoms with E-state index in [1.807, 2.05) is 6.92 Å². The molecule has 2 aromatic rings. The number of thiazole rings is 1. The first-order valence-corrected chi connectivity index (χ1v) is 7.62. The predicted octanol–water partition coefficient (Wildman–Crippen LogP) is 3.52. The second-order valence-electron chi connectivity index (χ2n) is 5.11. The number of nitrogen functional groups attached to an aromatic ring is 1. The lowest BCUT2D eigenvalue weighted by Crippen LogP contribution is -1.99. The Hall–Kier alpha value is -1.43. The largest absolute Gasteiger partial charge is 0.375 e. The second kappa shape index (κ2) is 5.28. The third-order valence-corrected chi connectivity index (χ3v) is 4.64. The van der Waals surface area contributed by atoms with Crippen LogP contribution in [0.5, 0.6) is 0 Å². The van der Waals surface area contributed by atoms with Crippen LogP contribution in [-0.2, 0) is 0 Å². The molecule has 0 unspecified atom stereocenters. The van der Waals surface area contributed by atoms with Gasteiger partial charge in [0.25, 0.3) is 5.89 Å². The van der Waals surface area contributed by atoms with E-state index in [2.05, 4.69) is 15.1 Å². The van der Waals surface area contributed by atoms with Crippen molar-refractivity contribution in [2.45, 2.75) is 51.4 Å². The molecule has 2 heterocycles. The van der Waals surface area contributed by atoms with Crippen molar-refractivity contribution in [3.8, 4) is 10.8 Å². The molecule has 1 aliphatic carbocycles. The Morgan fingerprint density at radius 2 is 1.89 bits per heavy atom. The third-order valence-electron chi connectivity index (χ3n) is 3.67. The topological polar surface area (TPSA) is 77.8 Å². The summed E-state index contributed by atoms with van der Waals surface area (Å²) in [5.41, 5.74) is 6.56. The molecule has 1 saturated carbocycles. The van der Waals surface area contributed by atoms with E-state index in [4.69, 9.17) is 10.3 Å². The normalized spacial score (nSPS) is 17.5. The van der Waals surface area contributed by atoms with Crippen molar-refractivity contribution in [3.63, 3.8) is 0 Å². The van der Waals surface area contributed by atoms with Gasteiger partial charge in [0, 0.05) is 5.92 Å². The Balaban J connectivity index is 1.84. The number of hydrogen-bond donors (Lipinski definition) is 1. The quantitative estimate of drug-likeness (QED) is 0.850. The summed E-state index contributed by atoms with van der Waals surface area (Å²) >= 11 is 1.40. The van der Waals surface area contributed by atoms with Crippen LogP contribution in [0.3, 0.4) is 0 Å². The van der Waals surface area contributed by atoms with E-state index in [1.54, 1.807) is 0 Å². The Bertz CT molecular complexity index is 555. The molecule has 0 aromatic carbocycles. The van der Waals surface area contributed by atoms with E-state index < -0.39 is 0 Å². The average molecular weight is 278 g/mol. The number of anilines is 1. The molecule has 0 aliphatic heterocycles. The minimum atomic E-state index is 0.450. The lowest BCUT2D eigenvalue weighted by Gasteiger charge is -2.07. The summed E-state index contributed by atoms with van der Waals surface area (Å²) in [5.74, 6) is 1.86. The standard InChI is InChI=1S/C13H18N4OS/c1-8-10(19-13(14)15-8)12-16-11(17-18-12)9-6-4-2-3-5-7-9/h9H,2-7H2,1H3,(H2,14,15). The maximum absolute atomic E-state index is 5.70. The highest BCUT2D eigenvalue weighted by atomic mass is 32.1. The summed E-state index contributed by atoms with van der Waals surface area (Å²) in [6.07, 6.45) is 7.52. The third kappa shape index (κ3) is 2.63.